The lowest BCUT2D eigenvalue weighted by Gasteiger charge is -2.24. The van der Waals surface area contributed by atoms with Crippen molar-refractivity contribution in [1.82, 2.24) is 10.2 Å². The van der Waals surface area contributed by atoms with Gasteiger partial charge in [0, 0.05) is 13.1 Å². The Morgan fingerprint density at radius 2 is 1.75 bits per heavy atom. The smallest absolute Gasteiger partial charge is 0.244 e. The zero-order valence-corrected chi connectivity index (χ0v) is 10.6. The quantitative estimate of drug-likeness (QED) is 0.678. The second-order valence-corrected chi connectivity index (χ2v) is 3.76. The minimum Gasteiger partial charge on any atom is -0.343 e. The molecule has 5 heteroatoms. The maximum absolute atomic E-state index is 11.8. The molecule has 1 unspecified atom stereocenters. The highest BCUT2D eigenvalue weighted by molar-refractivity contribution is 5.89. The Morgan fingerprint density at radius 1 is 1.25 bits per heavy atom. The van der Waals surface area contributed by atoms with Crippen LogP contribution >= 0.6 is 0 Å². The number of nitrogens with two attached hydrogens (primary N) is 1. The van der Waals surface area contributed by atoms with Crippen LogP contribution in [0.3, 0.4) is 0 Å². The third-order valence-corrected chi connectivity index (χ3v) is 2.58. The number of nitrogens with zero attached hydrogens (tertiary/aromatic N) is 1. The fourth-order valence-electron chi connectivity index (χ4n) is 1.38. The number of nitrogens with one attached hydrogen (secondary N) is 1. The molecule has 2 amide bonds. The standard InChI is InChI=1S/C11H23N3O2/c1-5-9(12)10(15)13-8(4)11(16)14(6-2)7-3/h8-9H,5-7,12H2,1-4H3,(H,13,15)/t8?,9-/m0/s1. The first-order valence-electron chi connectivity index (χ1n) is 5.82. The molecule has 0 heterocycles. The van der Waals surface area contributed by atoms with Gasteiger partial charge in [-0.05, 0) is 27.2 Å². The highest BCUT2D eigenvalue weighted by Crippen LogP contribution is 1.96. The minimum absolute atomic E-state index is 0.0679. The predicted octanol–water partition coefficient (Wildman–Crippen LogP) is 0.0968. The Kier molecular flexibility index (Phi) is 6.72. The Balaban J connectivity index is 4.29. The zero-order valence-electron chi connectivity index (χ0n) is 10.6. The monoisotopic (exact) mass is 229 g/mol. The number of carbonyl (C=O) groups excluding carboxylic acids is 2. The Labute approximate surface area is 97.4 Å². The Morgan fingerprint density at radius 3 is 2.12 bits per heavy atom. The molecule has 0 aliphatic rings. The van der Waals surface area contributed by atoms with Gasteiger partial charge in [-0.25, -0.2) is 0 Å². The lowest BCUT2D eigenvalue weighted by atomic mass is 10.2. The first-order valence-corrected chi connectivity index (χ1v) is 5.82. The molecule has 0 aromatic heterocycles. The van der Waals surface area contributed by atoms with Gasteiger partial charge in [0.1, 0.15) is 6.04 Å². The van der Waals surface area contributed by atoms with Gasteiger partial charge >= 0.3 is 0 Å². The van der Waals surface area contributed by atoms with Crippen molar-refractivity contribution < 1.29 is 9.59 Å². The topological polar surface area (TPSA) is 75.4 Å². The third-order valence-electron chi connectivity index (χ3n) is 2.58. The summed E-state index contributed by atoms with van der Waals surface area (Å²) in [5.41, 5.74) is 5.57. The number of hydrogen-bond acceptors (Lipinski definition) is 3. The molecule has 2 atom stereocenters. The second kappa shape index (κ2) is 7.22. The number of carbonyl (C=O) groups is 2. The van der Waals surface area contributed by atoms with Gasteiger partial charge in [-0.1, -0.05) is 6.92 Å². The molecule has 0 bridgehead atoms. The summed E-state index contributed by atoms with van der Waals surface area (Å²) in [5, 5.41) is 2.62. The summed E-state index contributed by atoms with van der Waals surface area (Å²) in [7, 11) is 0. The van der Waals surface area contributed by atoms with Crippen molar-refractivity contribution in [3.8, 4) is 0 Å². The average Bonchev–Trinajstić information content (AvgIpc) is 2.29. The summed E-state index contributed by atoms with van der Waals surface area (Å²) in [6, 6.07) is -1.04. The van der Waals surface area contributed by atoms with Gasteiger partial charge in [-0.3, -0.25) is 9.59 Å². The van der Waals surface area contributed by atoms with Gasteiger partial charge in [0.05, 0.1) is 6.04 Å². The van der Waals surface area contributed by atoms with E-state index in [2.05, 4.69) is 5.32 Å². The van der Waals surface area contributed by atoms with Crippen LogP contribution in [0.5, 0.6) is 0 Å². The van der Waals surface area contributed by atoms with Crippen molar-refractivity contribution in [3.05, 3.63) is 0 Å². The van der Waals surface area contributed by atoms with E-state index in [0.717, 1.165) is 0 Å². The molecule has 0 spiro atoms. The van der Waals surface area contributed by atoms with E-state index in [0.29, 0.717) is 19.5 Å². The molecule has 0 saturated heterocycles. The molecule has 0 saturated carbocycles. The SMILES string of the molecule is CC[C@H](N)C(=O)NC(C)C(=O)N(CC)CC. The molecule has 0 fully saturated rings. The van der Waals surface area contributed by atoms with E-state index in [-0.39, 0.29) is 11.8 Å². The average molecular weight is 229 g/mol. The van der Waals surface area contributed by atoms with Crippen molar-refractivity contribution >= 4 is 11.8 Å². The van der Waals surface area contributed by atoms with E-state index < -0.39 is 12.1 Å². The molecule has 0 radical (unpaired) electrons. The van der Waals surface area contributed by atoms with Gasteiger partial charge in [0.15, 0.2) is 0 Å². The van der Waals surface area contributed by atoms with Gasteiger partial charge < -0.3 is 16.0 Å². The van der Waals surface area contributed by atoms with Crippen molar-refractivity contribution in [2.45, 2.75) is 46.2 Å². The van der Waals surface area contributed by atoms with Crippen LogP contribution in [0, 0.1) is 0 Å². The first kappa shape index (κ1) is 14.9. The highest BCUT2D eigenvalue weighted by atomic mass is 16.2. The van der Waals surface area contributed by atoms with Crippen LogP contribution < -0.4 is 11.1 Å². The van der Waals surface area contributed by atoms with E-state index >= 15 is 0 Å². The third kappa shape index (κ3) is 4.18. The summed E-state index contributed by atoms with van der Waals surface area (Å²) >= 11 is 0. The molecule has 16 heavy (non-hydrogen) atoms. The fourth-order valence-corrected chi connectivity index (χ4v) is 1.38. The highest BCUT2D eigenvalue weighted by Gasteiger charge is 2.21. The van der Waals surface area contributed by atoms with Gasteiger partial charge in [0.2, 0.25) is 11.8 Å². The van der Waals surface area contributed by atoms with Gasteiger partial charge in [0.25, 0.3) is 0 Å². The van der Waals surface area contributed by atoms with Crippen LogP contribution in [0.4, 0.5) is 0 Å². The number of hydrogen-bond donors (Lipinski definition) is 2. The number of amides is 2. The molecule has 0 aromatic rings. The minimum atomic E-state index is -0.535. The lowest BCUT2D eigenvalue weighted by Crippen LogP contribution is -2.51. The molecular weight excluding hydrogens is 206 g/mol. The van der Waals surface area contributed by atoms with E-state index in [1.54, 1.807) is 11.8 Å². The molecular formula is C11H23N3O2. The predicted molar refractivity (Wildman–Crippen MR) is 63.8 cm³/mol. The molecule has 0 rings (SSSR count). The van der Waals surface area contributed by atoms with E-state index in [1.165, 1.54) is 0 Å². The maximum atomic E-state index is 11.8. The normalized spacial score (nSPS) is 14.1. The molecule has 3 N–H and O–H groups in total. The first-order chi connectivity index (χ1) is 7.47. The summed E-state index contributed by atoms with van der Waals surface area (Å²) in [4.78, 5) is 25.0. The molecule has 0 aromatic carbocycles. The van der Waals surface area contributed by atoms with E-state index in [1.807, 2.05) is 20.8 Å². The summed E-state index contributed by atoms with van der Waals surface area (Å²) in [5.74, 6) is -0.336. The number of likely N-dealkylation sites (N-methyl/N-ethyl adjacent to an activating group) is 1. The molecule has 5 nitrogen and oxygen atoms in total. The maximum Gasteiger partial charge on any atom is 0.244 e. The van der Waals surface area contributed by atoms with Crippen molar-refractivity contribution in [3.63, 3.8) is 0 Å². The Hall–Kier alpha value is -1.10. The van der Waals surface area contributed by atoms with Crippen LogP contribution in [-0.2, 0) is 9.59 Å². The molecule has 0 aliphatic heterocycles. The summed E-state index contributed by atoms with van der Waals surface area (Å²) in [6.07, 6.45) is 0.567. The van der Waals surface area contributed by atoms with E-state index in [9.17, 15) is 9.59 Å². The lowest BCUT2D eigenvalue weighted by molar-refractivity contribution is -0.136. The van der Waals surface area contributed by atoms with Crippen LogP contribution in [0.15, 0.2) is 0 Å². The molecule has 94 valence electrons. The van der Waals surface area contributed by atoms with Crippen LogP contribution in [0.25, 0.3) is 0 Å². The van der Waals surface area contributed by atoms with Crippen LogP contribution in [0.1, 0.15) is 34.1 Å². The zero-order chi connectivity index (χ0) is 12.7. The summed E-state index contributed by atoms with van der Waals surface area (Å²) < 4.78 is 0. The molecule has 0 aliphatic carbocycles. The Bertz CT molecular complexity index is 239. The largest absolute Gasteiger partial charge is 0.343 e. The fraction of sp³-hybridized carbons (Fsp3) is 0.818. The number of rotatable bonds is 6. The van der Waals surface area contributed by atoms with Crippen molar-refractivity contribution in [2.75, 3.05) is 13.1 Å². The van der Waals surface area contributed by atoms with Crippen molar-refractivity contribution in [2.24, 2.45) is 5.73 Å². The van der Waals surface area contributed by atoms with E-state index in [4.69, 9.17) is 5.73 Å². The van der Waals surface area contributed by atoms with Crippen LogP contribution in [-0.4, -0.2) is 41.9 Å². The summed E-state index contributed by atoms with van der Waals surface area (Å²) in [6.45, 7) is 8.63. The van der Waals surface area contributed by atoms with Crippen LogP contribution in [0.2, 0.25) is 0 Å². The van der Waals surface area contributed by atoms with Crippen molar-refractivity contribution in [1.29, 1.82) is 0 Å². The second-order valence-electron chi connectivity index (χ2n) is 3.76. The van der Waals surface area contributed by atoms with Gasteiger partial charge in [-0.15, -0.1) is 0 Å². The van der Waals surface area contributed by atoms with Gasteiger partial charge in [-0.2, -0.15) is 0 Å².